The second-order valence-corrected chi connectivity index (χ2v) is 8.09. The van der Waals surface area contributed by atoms with Crippen molar-refractivity contribution >= 4 is 11.8 Å². The summed E-state index contributed by atoms with van der Waals surface area (Å²) in [6, 6.07) is 6.20. The molecule has 0 unspecified atom stereocenters. The van der Waals surface area contributed by atoms with Gasteiger partial charge in [-0.25, -0.2) is 15.0 Å². The number of nitrogens with one attached hydrogen (secondary N) is 2. The predicted octanol–water partition coefficient (Wildman–Crippen LogP) is 3.04. The van der Waals surface area contributed by atoms with Crippen LogP contribution in [0, 0.1) is 6.92 Å². The Morgan fingerprint density at radius 3 is 2.54 bits per heavy atom. The molecule has 35 heavy (non-hydrogen) atoms. The molecule has 11 heteroatoms. The highest BCUT2D eigenvalue weighted by atomic mass is 19.4. The van der Waals surface area contributed by atoms with Gasteiger partial charge in [-0.2, -0.15) is 13.2 Å². The summed E-state index contributed by atoms with van der Waals surface area (Å²) < 4.78 is 45.0. The minimum Gasteiger partial charge on any atom is -0.491 e. The van der Waals surface area contributed by atoms with Crippen molar-refractivity contribution in [2.24, 2.45) is 0 Å². The summed E-state index contributed by atoms with van der Waals surface area (Å²) in [5, 5.41) is 5.06. The number of nitrogens with zero attached hydrogens (tertiary/aromatic N) is 3. The number of carbonyl (C=O) groups excluding carboxylic acids is 2. The summed E-state index contributed by atoms with van der Waals surface area (Å²) >= 11 is 0. The smallest absolute Gasteiger partial charge is 0.393 e. The molecule has 0 saturated carbocycles. The molecule has 4 rings (SSSR count). The van der Waals surface area contributed by atoms with Gasteiger partial charge in [0.2, 0.25) is 0 Å². The zero-order chi connectivity index (χ0) is 25.2. The molecule has 2 N–H and O–H groups in total. The molecule has 0 fully saturated rings. The molecule has 8 nitrogen and oxygen atoms in total. The molecule has 3 heterocycles. The molecule has 0 aliphatic carbocycles. The quantitative estimate of drug-likeness (QED) is 0.576. The first-order chi connectivity index (χ1) is 16.6. The van der Waals surface area contributed by atoms with Crippen molar-refractivity contribution in [1.29, 1.82) is 0 Å². The number of hydrogen-bond donors (Lipinski definition) is 2. The summed E-state index contributed by atoms with van der Waals surface area (Å²) in [5.74, 6) is -0.0581. The first kappa shape index (κ1) is 24.1. The number of amides is 2. The zero-order valence-corrected chi connectivity index (χ0v) is 18.9. The van der Waals surface area contributed by atoms with E-state index in [4.69, 9.17) is 4.74 Å². The molecular formula is C24H22F3N5O3. The Balaban J connectivity index is 1.56. The standard InChI is InChI=1S/C24H22F3N5O3/c1-13-29-10-16(11-30-13)18-4-3-5-20-19(18)7-17(12-35-20)32-22(33)15-6-14(8-24(25,26)27)21(31-9-15)23(34)28-2/h3-6,9-11,17H,7-8,12H2,1-2H3,(H,28,34)(H,32,33)/t17-/m0/s1. The third-order valence-electron chi connectivity index (χ3n) is 5.51. The van der Waals surface area contributed by atoms with Crippen LogP contribution in [-0.4, -0.2) is 52.6 Å². The first-order valence-corrected chi connectivity index (χ1v) is 10.8. The number of halogens is 3. The number of ether oxygens (including phenoxy) is 1. The lowest BCUT2D eigenvalue weighted by Gasteiger charge is -2.28. The van der Waals surface area contributed by atoms with Crippen molar-refractivity contribution < 1.29 is 27.5 Å². The number of fused-ring (bicyclic) bond motifs is 1. The molecule has 2 amide bonds. The van der Waals surface area contributed by atoms with Crippen molar-refractivity contribution in [3.05, 3.63) is 71.1 Å². The van der Waals surface area contributed by atoms with Crippen LogP contribution in [0.5, 0.6) is 5.75 Å². The average Bonchev–Trinajstić information content (AvgIpc) is 2.82. The van der Waals surface area contributed by atoms with Gasteiger partial charge in [-0.1, -0.05) is 12.1 Å². The van der Waals surface area contributed by atoms with E-state index in [2.05, 4.69) is 25.6 Å². The van der Waals surface area contributed by atoms with Gasteiger partial charge in [0.15, 0.2) is 0 Å². The van der Waals surface area contributed by atoms with Crippen LogP contribution in [0.1, 0.15) is 37.8 Å². The molecular weight excluding hydrogens is 463 g/mol. The van der Waals surface area contributed by atoms with Crippen molar-refractivity contribution in [2.75, 3.05) is 13.7 Å². The van der Waals surface area contributed by atoms with Gasteiger partial charge >= 0.3 is 6.18 Å². The Labute approximate surface area is 199 Å². The number of alkyl halides is 3. The first-order valence-electron chi connectivity index (χ1n) is 10.8. The minimum absolute atomic E-state index is 0.0806. The number of aryl methyl sites for hydroxylation is 1. The zero-order valence-electron chi connectivity index (χ0n) is 18.9. The SMILES string of the molecule is CNC(=O)c1ncc(C(=O)N[C@@H]2COc3cccc(-c4cnc(C)nc4)c3C2)cc1CC(F)(F)F. The largest absolute Gasteiger partial charge is 0.491 e. The van der Waals surface area contributed by atoms with Gasteiger partial charge in [0.25, 0.3) is 11.8 Å². The third-order valence-corrected chi connectivity index (χ3v) is 5.51. The molecule has 1 aromatic carbocycles. The van der Waals surface area contributed by atoms with Crippen molar-refractivity contribution in [3.63, 3.8) is 0 Å². The molecule has 2 aromatic heterocycles. The lowest BCUT2D eigenvalue weighted by Crippen LogP contribution is -2.43. The second-order valence-electron chi connectivity index (χ2n) is 8.09. The molecule has 182 valence electrons. The van der Waals surface area contributed by atoms with E-state index in [1.807, 2.05) is 18.2 Å². The van der Waals surface area contributed by atoms with Gasteiger partial charge in [0, 0.05) is 43.2 Å². The highest BCUT2D eigenvalue weighted by Gasteiger charge is 2.31. The maximum Gasteiger partial charge on any atom is 0.393 e. The topological polar surface area (TPSA) is 106 Å². The van der Waals surface area contributed by atoms with Gasteiger partial charge in [-0.15, -0.1) is 0 Å². The molecule has 0 radical (unpaired) electrons. The summed E-state index contributed by atoms with van der Waals surface area (Å²) in [4.78, 5) is 37.1. The van der Waals surface area contributed by atoms with Crippen LogP contribution in [0.2, 0.25) is 0 Å². The summed E-state index contributed by atoms with van der Waals surface area (Å²) in [5.41, 5.74) is 1.70. The van der Waals surface area contributed by atoms with Crippen LogP contribution in [0.4, 0.5) is 13.2 Å². The van der Waals surface area contributed by atoms with Crippen molar-refractivity contribution in [3.8, 4) is 16.9 Å². The number of benzene rings is 1. The van der Waals surface area contributed by atoms with E-state index >= 15 is 0 Å². The lowest BCUT2D eigenvalue weighted by molar-refractivity contribution is -0.127. The van der Waals surface area contributed by atoms with Crippen LogP contribution in [0.3, 0.4) is 0 Å². The third kappa shape index (κ3) is 5.56. The summed E-state index contributed by atoms with van der Waals surface area (Å²) in [6.45, 7) is 1.97. The Hall–Kier alpha value is -4.02. The van der Waals surface area contributed by atoms with Crippen LogP contribution >= 0.6 is 0 Å². The molecule has 0 bridgehead atoms. The number of carbonyl (C=O) groups is 2. The number of aromatic nitrogens is 3. The van der Waals surface area contributed by atoms with E-state index in [9.17, 15) is 22.8 Å². The number of rotatable bonds is 5. The van der Waals surface area contributed by atoms with E-state index in [1.54, 1.807) is 19.3 Å². The predicted molar refractivity (Wildman–Crippen MR) is 120 cm³/mol. The molecule has 3 aromatic rings. The van der Waals surface area contributed by atoms with Gasteiger partial charge in [0.05, 0.1) is 18.0 Å². The number of pyridine rings is 1. The van der Waals surface area contributed by atoms with Crippen LogP contribution < -0.4 is 15.4 Å². The van der Waals surface area contributed by atoms with E-state index in [-0.39, 0.29) is 23.4 Å². The van der Waals surface area contributed by atoms with Gasteiger partial charge < -0.3 is 15.4 Å². The normalized spacial score (nSPS) is 15.1. The Kier molecular flexibility index (Phi) is 6.68. The van der Waals surface area contributed by atoms with Gasteiger partial charge in [0.1, 0.15) is 23.9 Å². The maximum absolute atomic E-state index is 13.0. The van der Waals surface area contributed by atoms with E-state index < -0.39 is 30.5 Å². The van der Waals surface area contributed by atoms with Gasteiger partial charge in [-0.05, 0) is 30.2 Å². The lowest BCUT2D eigenvalue weighted by atomic mass is 9.94. The Bertz CT molecular complexity index is 1260. The average molecular weight is 485 g/mol. The second kappa shape index (κ2) is 9.69. The van der Waals surface area contributed by atoms with Crippen molar-refractivity contribution in [2.45, 2.75) is 32.0 Å². The molecule has 0 spiro atoms. The van der Waals surface area contributed by atoms with Crippen LogP contribution in [0.25, 0.3) is 11.1 Å². The summed E-state index contributed by atoms with van der Waals surface area (Å²) in [7, 11) is 1.29. The molecule has 1 aliphatic heterocycles. The van der Waals surface area contributed by atoms with E-state index in [1.165, 1.54) is 7.05 Å². The molecule has 1 aliphatic rings. The molecule has 0 saturated heterocycles. The Morgan fingerprint density at radius 2 is 1.86 bits per heavy atom. The highest BCUT2D eigenvalue weighted by molar-refractivity contribution is 5.97. The fourth-order valence-corrected chi connectivity index (χ4v) is 3.88. The fraction of sp³-hybridized carbons (Fsp3) is 0.292. The van der Waals surface area contributed by atoms with Crippen LogP contribution in [0.15, 0.2) is 42.9 Å². The minimum atomic E-state index is -4.57. The van der Waals surface area contributed by atoms with E-state index in [0.717, 1.165) is 29.0 Å². The highest BCUT2D eigenvalue weighted by Crippen LogP contribution is 2.34. The Morgan fingerprint density at radius 1 is 1.11 bits per heavy atom. The fourth-order valence-electron chi connectivity index (χ4n) is 3.88. The summed E-state index contributed by atoms with van der Waals surface area (Å²) in [6.07, 6.45) is -1.01. The van der Waals surface area contributed by atoms with Crippen LogP contribution in [-0.2, 0) is 12.8 Å². The van der Waals surface area contributed by atoms with Crippen molar-refractivity contribution in [1.82, 2.24) is 25.6 Å². The monoisotopic (exact) mass is 485 g/mol. The van der Waals surface area contributed by atoms with Gasteiger partial charge in [-0.3, -0.25) is 9.59 Å². The molecule has 1 atom stereocenters. The maximum atomic E-state index is 13.0. The number of hydrogen-bond acceptors (Lipinski definition) is 6. The van der Waals surface area contributed by atoms with E-state index in [0.29, 0.717) is 18.0 Å².